The molecule has 13 heavy (non-hydrogen) atoms. The van der Waals surface area contributed by atoms with E-state index in [1.165, 1.54) is 14.1 Å². The minimum Gasteiger partial charge on any atom is -0.374 e. The molecule has 0 spiro atoms. The minimum atomic E-state index is -0.712. The van der Waals surface area contributed by atoms with Gasteiger partial charge in [0.15, 0.2) is 0 Å². The molecule has 7 heteroatoms. The Balaban J connectivity index is 3.71. The van der Waals surface area contributed by atoms with Crippen molar-refractivity contribution in [3.05, 3.63) is 26.7 Å². The summed E-state index contributed by atoms with van der Waals surface area (Å²) >= 11 is 1.12. The fourth-order valence-corrected chi connectivity index (χ4v) is 1.07. The molecule has 0 saturated carbocycles. The SMILES string of the molecule is CS/N=c1/oc(=O)n(C)c(=O)n1C. The lowest BCUT2D eigenvalue weighted by Gasteiger charge is -1.98. The fourth-order valence-electron chi connectivity index (χ4n) is 0.758. The number of aromatic nitrogens is 2. The molecule has 0 saturated heterocycles. The highest BCUT2D eigenvalue weighted by Gasteiger charge is 2.02. The van der Waals surface area contributed by atoms with Gasteiger partial charge in [-0.3, -0.25) is 0 Å². The summed E-state index contributed by atoms with van der Waals surface area (Å²) in [7, 11) is 2.83. The van der Waals surface area contributed by atoms with E-state index in [2.05, 4.69) is 4.40 Å². The first-order valence-corrected chi connectivity index (χ1v) is 4.60. The van der Waals surface area contributed by atoms with E-state index in [1.54, 1.807) is 6.26 Å². The fraction of sp³-hybridized carbons (Fsp3) is 0.500. The van der Waals surface area contributed by atoms with E-state index < -0.39 is 11.4 Å². The van der Waals surface area contributed by atoms with Gasteiger partial charge in [-0.1, -0.05) is 0 Å². The molecule has 0 aliphatic heterocycles. The Morgan fingerprint density at radius 2 is 1.92 bits per heavy atom. The minimum absolute atomic E-state index is 0.0144. The van der Waals surface area contributed by atoms with Crippen molar-refractivity contribution in [2.45, 2.75) is 0 Å². The van der Waals surface area contributed by atoms with Crippen LogP contribution in [0, 0.1) is 0 Å². The van der Waals surface area contributed by atoms with Gasteiger partial charge in [0.1, 0.15) is 0 Å². The number of hydrogen-bond donors (Lipinski definition) is 0. The highest BCUT2D eigenvalue weighted by molar-refractivity contribution is 7.97. The van der Waals surface area contributed by atoms with Crippen LogP contribution < -0.4 is 17.1 Å². The molecule has 0 atom stereocenters. The lowest BCUT2D eigenvalue weighted by Crippen LogP contribution is -2.44. The standard InChI is InChI=1S/C6H9N3O3S/c1-8-4(7-13-3)12-6(11)9(2)5(8)10/h1-3H3/b7-4+. The van der Waals surface area contributed by atoms with Crippen molar-refractivity contribution in [3.63, 3.8) is 0 Å². The average molecular weight is 203 g/mol. The van der Waals surface area contributed by atoms with Crippen LogP contribution in [-0.4, -0.2) is 15.4 Å². The van der Waals surface area contributed by atoms with Crippen LogP contribution >= 0.6 is 11.9 Å². The van der Waals surface area contributed by atoms with Crippen LogP contribution in [0.15, 0.2) is 18.4 Å². The zero-order chi connectivity index (χ0) is 10.0. The molecule has 0 unspecified atom stereocenters. The number of nitrogens with zero attached hydrogens (tertiary/aromatic N) is 3. The van der Waals surface area contributed by atoms with Gasteiger partial charge in [0, 0.05) is 20.4 Å². The van der Waals surface area contributed by atoms with E-state index in [0.29, 0.717) is 0 Å². The van der Waals surface area contributed by atoms with Crippen LogP contribution in [0.3, 0.4) is 0 Å². The maximum absolute atomic E-state index is 11.3. The Hall–Kier alpha value is -1.24. The molecule has 1 rings (SSSR count). The molecule has 6 nitrogen and oxygen atoms in total. The van der Waals surface area contributed by atoms with Crippen LogP contribution in [0.1, 0.15) is 0 Å². The first kappa shape index (κ1) is 9.85. The van der Waals surface area contributed by atoms with E-state index in [9.17, 15) is 9.59 Å². The lowest BCUT2D eigenvalue weighted by molar-refractivity contribution is 0.343. The van der Waals surface area contributed by atoms with Crippen molar-refractivity contribution >= 4 is 11.9 Å². The first-order valence-electron chi connectivity index (χ1n) is 3.42. The van der Waals surface area contributed by atoms with Crippen LogP contribution in [0.4, 0.5) is 0 Å². The summed E-state index contributed by atoms with van der Waals surface area (Å²) < 4.78 is 10.6. The second-order valence-electron chi connectivity index (χ2n) is 2.33. The van der Waals surface area contributed by atoms with Crippen LogP contribution in [0.5, 0.6) is 0 Å². The van der Waals surface area contributed by atoms with Crippen molar-refractivity contribution in [2.75, 3.05) is 6.26 Å². The summed E-state index contributed by atoms with van der Waals surface area (Å²) in [6.45, 7) is 0. The Labute approximate surface area is 77.7 Å². The van der Waals surface area contributed by atoms with E-state index in [0.717, 1.165) is 21.1 Å². The molecule has 1 heterocycles. The summed E-state index contributed by atoms with van der Waals surface area (Å²) in [6, 6.07) is 0. The molecular formula is C6H9N3O3S. The van der Waals surface area contributed by atoms with Crippen molar-refractivity contribution in [1.29, 1.82) is 0 Å². The summed E-state index contributed by atoms with van der Waals surface area (Å²) in [4.78, 5) is 22.3. The third-order valence-electron chi connectivity index (χ3n) is 1.48. The molecule has 0 aliphatic carbocycles. The Morgan fingerprint density at radius 1 is 1.31 bits per heavy atom. The van der Waals surface area contributed by atoms with Gasteiger partial charge in [-0.25, -0.2) is 18.7 Å². The van der Waals surface area contributed by atoms with Gasteiger partial charge in [-0.05, 0) is 11.9 Å². The average Bonchev–Trinajstić information content (AvgIpc) is 2.11. The molecule has 72 valence electrons. The largest absolute Gasteiger partial charge is 0.425 e. The van der Waals surface area contributed by atoms with Crippen LogP contribution in [0.25, 0.3) is 0 Å². The van der Waals surface area contributed by atoms with Gasteiger partial charge < -0.3 is 4.42 Å². The van der Waals surface area contributed by atoms with E-state index in [1.807, 2.05) is 0 Å². The molecule has 1 aromatic heterocycles. The van der Waals surface area contributed by atoms with E-state index in [-0.39, 0.29) is 5.68 Å². The Kier molecular flexibility index (Phi) is 2.76. The van der Waals surface area contributed by atoms with Crippen LogP contribution in [0.2, 0.25) is 0 Å². The zero-order valence-corrected chi connectivity index (χ0v) is 8.29. The Morgan fingerprint density at radius 3 is 2.46 bits per heavy atom. The quantitative estimate of drug-likeness (QED) is 0.541. The van der Waals surface area contributed by atoms with Gasteiger partial charge in [0.2, 0.25) is 0 Å². The molecule has 0 fully saturated rings. The number of rotatable bonds is 1. The third-order valence-corrected chi connectivity index (χ3v) is 1.82. The predicted molar refractivity (Wildman–Crippen MR) is 48.3 cm³/mol. The monoisotopic (exact) mass is 203 g/mol. The summed E-state index contributed by atoms with van der Waals surface area (Å²) in [5, 5.41) is 0. The maximum Gasteiger partial charge on any atom is 0.425 e. The molecule has 0 bridgehead atoms. The van der Waals surface area contributed by atoms with Crippen LogP contribution in [-0.2, 0) is 14.1 Å². The highest BCUT2D eigenvalue weighted by Crippen LogP contribution is 1.86. The Bertz CT molecular complexity index is 481. The van der Waals surface area contributed by atoms with E-state index >= 15 is 0 Å². The predicted octanol–water partition coefficient (Wildman–Crippen LogP) is -1.14. The highest BCUT2D eigenvalue weighted by atomic mass is 32.2. The topological polar surface area (TPSA) is 69.5 Å². The van der Waals surface area contributed by atoms with Gasteiger partial charge in [-0.15, -0.1) is 0 Å². The second kappa shape index (κ2) is 3.65. The normalized spacial score (nSPS) is 12.1. The van der Waals surface area contributed by atoms with Gasteiger partial charge >= 0.3 is 17.1 Å². The van der Waals surface area contributed by atoms with Gasteiger partial charge in [0.05, 0.1) is 0 Å². The maximum atomic E-state index is 11.3. The second-order valence-corrected chi connectivity index (χ2v) is 2.87. The molecule has 1 aromatic rings. The molecule has 0 amide bonds. The first-order chi connectivity index (χ1) is 6.07. The van der Waals surface area contributed by atoms with Crippen molar-refractivity contribution in [1.82, 2.24) is 9.13 Å². The van der Waals surface area contributed by atoms with Gasteiger partial charge in [-0.2, -0.15) is 4.40 Å². The molecule has 0 aliphatic rings. The molecule has 0 radical (unpaired) electrons. The van der Waals surface area contributed by atoms with Crippen molar-refractivity contribution in [3.8, 4) is 0 Å². The molecule has 0 aromatic carbocycles. The van der Waals surface area contributed by atoms with Crippen molar-refractivity contribution in [2.24, 2.45) is 18.5 Å². The van der Waals surface area contributed by atoms with Gasteiger partial charge in [0.25, 0.3) is 0 Å². The number of hydrogen-bond acceptors (Lipinski definition) is 5. The summed E-state index contributed by atoms with van der Waals surface area (Å²) in [5.74, 6) is -0.712. The van der Waals surface area contributed by atoms with Crippen molar-refractivity contribution < 1.29 is 4.42 Å². The lowest BCUT2D eigenvalue weighted by atomic mass is 10.9. The smallest absolute Gasteiger partial charge is 0.374 e. The third kappa shape index (κ3) is 1.74. The zero-order valence-electron chi connectivity index (χ0n) is 7.47. The molecule has 0 N–H and O–H groups in total. The summed E-state index contributed by atoms with van der Waals surface area (Å²) in [6.07, 6.45) is 1.71. The van der Waals surface area contributed by atoms with E-state index in [4.69, 9.17) is 4.42 Å². The molecular weight excluding hydrogens is 194 g/mol. The summed E-state index contributed by atoms with van der Waals surface area (Å²) in [5.41, 5.74) is -0.440.